The van der Waals surface area contributed by atoms with Crippen LogP contribution in [0, 0.1) is 11.3 Å². The maximum absolute atomic E-state index is 14.0. The van der Waals surface area contributed by atoms with Gasteiger partial charge in [-0.05, 0) is 43.6 Å². The molecule has 0 saturated carbocycles. The maximum Gasteiger partial charge on any atom is 0.408 e. The zero-order chi connectivity index (χ0) is 27.1. The molecule has 0 aromatic heterocycles. The Morgan fingerprint density at radius 1 is 0.865 bits per heavy atom. The predicted octanol–water partition coefficient (Wildman–Crippen LogP) is 4.79. The second-order valence-corrected chi connectivity index (χ2v) is 12.7. The number of ketones is 1. The van der Waals surface area contributed by atoms with Gasteiger partial charge in [0.15, 0.2) is 5.78 Å². The molecule has 5 nitrogen and oxygen atoms in total. The van der Waals surface area contributed by atoms with Gasteiger partial charge < -0.3 is 10.1 Å². The quantitative estimate of drug-likeness (QED) is 0.432. The number of halogens is 2. The van der Waals surface area contributed by atoms with E-state index in [2.05, 4.69) is 11.4 Å². The van der Waals surface area contributed by atoms with Gasteiger partial charge in [0.25, 0.3) is 0 Å². The van der Waals surface area contributed by atoms with Crippen LogP contribution in [0.1, 0.15) is 27.2 Å². The molecule has 0 aliphatic carbocycles. The molecule has 0 aliphatic heterocycles. The first-order valence-electron chi connectivity index (χ1n) is 11.7. The number of alkyl halides is 2. The van der Waals surface area contributed by atoms with Crippen molar-refractivity contribution in [2.24, 2.45) is 0 Å². The van der Waals surface area contributed by atoms with E-state index < -0.39 is 43.3 Å². The van der Waals surface area contributed by atoms with E-state index in [4.69, 9.17) is 4.74 Å². The maximum atomic E-state index is 14.0. The topological polar surface area (TPSA) is 79.2 Å². The molecule has 0 aliphatic rings. The third-order valence-electron chi connectivity index (χ3n) is 5.53. The largest absolute Gasteiger partial charge is 0.444 e. The first-order valence-corrected chi connectivity index (χ1v) is 13.5. The van der Waals surface area contributed by atoms with Crippen LogP contribution in [-0.4, -0.2) is 35.2 Å². The van der Waals surface area contributed by atoms with E-state index in [0.29, 0.717) is 15.9 Å². The van der Waals surface area contributed by atoms with Gasteiger partial charge in [-0.15, -0.1) is 0 Å². The van der Waals surface area contributed by atoms with Crippen molar-refractivity contribution in [1.82, 2.24) is 5.32 Å². The van der Waals surface area contributed by atoms with Gasteiger partial charge in [-0.25, -0.2) is 13.6 Å². The third-order valence-corrected chi connectivity index (χ3v) is 9.74. The molecule has 1 N–H and O–H groups in total. The van der Waals surface area contributed by atoms with Crippen molar-refractivity contribution in [2.45, 2.75) is 45.3 Å². The number of benzene rings is 3. The van der Waals surface area contributed by atoms with Crippen molar-refractivity contribution in [3.05, 3.63) is 91.0 Å². The van der Waals surface area contributed by atoms with Crippen molar-refractivity contribution in [3.8, 4) is 6.07 Å². The van der Waals surface area contributed by atoms with E-state index in [1.807, 2.05) is 91.0 Å². The number of nitrogens with zero attached hydrogens (tertiary/aromatic N) is 1. The number of rotatable bonds is 8. The van der Waals surface area contributed by atoms with Crippen LogP contribution < -0.4 is 21.2 Å². The first kappa shape index (κ1) is 27.8. The standard InChI is InChI=1S/C29H29F2N2O3P/c1-29(2,3)36-28(35)33-24(19-26(30)31)27(34)25(20-32)37(21-13-7-4-8-14-21,22-15-9-5-10-16-22)23-17-11-6-12-18-23/h4-18,24,26H,19H2,1-3H3,(H,33,35). The number of carbonyl (C=O) groups excluding carboxylic acids is 2. The number of Topliss-reactive ketones (excluding diaryl/α,β-unsaturated/α-hetero) is 1. The highest BCUT2D eigenvalue weighted by Gasteiger charge is 2.37. The van der Waals surface area contributed by atoms with E-state index in [1.165, 1.54) is 0 Å². The minimum atomic E-state index is -3.13. The molecule has 3 rings (SSSR count). The highest BCUT2D eigenvalue weighted by atomic mass is 31.2. The summed E-state index contributed by atoms with van der Waals surface area (Å²) in [7, 11) is 0. The summed E-state index contributed by atoms with van der Waals surface area (Å²) in [5.74, 6) is -0.862. The Labute approximate surface area is 216 Å². The molecule has 8 heteroatoms. The molecule has 0 heterocycles. The third kappa shape index (κ3) is 6.53. The van der Waals surface area contributed by atoms with E-state index in [-0.39, 0.29) is 5.29 Å². The fourth-order valence-electron chi connectivity index (χ4n) is 4.11. The van der Waals surface area contributed by atoms with Crippen molar-refractivity contribution in [3.63, 3.8) is 0 Å². The van der Waals surface area contributed by atoms with Crippen LogP contribution in [0.4, 0.5) is 13.6 Å². The molecule has 0 spiro atoms. The Kier molecular flexibility index (Phi) is 9.02. The van der Waals surface area contributed by atoms with Crippen molar-refractivity contribution in [2.75, 3.05) is 0 Å². The van der Waals surface area contributed by atoms with Crippen LogP contribution in [0.25, 0.3) is 0 Å². The lowest BCUT2D eigenvalue weighted by molar-refractivity contribution is -0.115. The molecule has 0 saturated heterocycles. The number of nitriles is 1. The second kappa shape index (κ2) is 12.0. The summed E-state index contributed by atoms with van der Waals surface area (Å²) in [5.41, 5.74) is -0.904. The summed E-state index contributed by atoms with van der Waals surface area (Å²) >= 11 is 0. The zero-order valence-electron chi connectivity index (χ0n) is 20.9. The Morgan fingerprint density at radius 3 is 1.59 bits per heavy atom. The number of carbonyl (C=O) groups is 2. The fourth-order valence-corrected chi connectivity index (χ4v) is 8.27. The van der Waals surface area contributed by atoms with Gasteiger partial charge in [0.2, 0.25) is 6.43 Å². The van der Waals surface area contributed by atoms with E-state index >= 15 is 0 Å². The Balaban J connectivity index is 2.37. The molecular weight excluding hydrogens is 493 g/mol. The van der Waals surface area contributed by atoms with Crippen molar-refractivity contribution < 1.29 is 23.1 Å². The van der Waals surface area contributed by atoms with Gasteiger partial charge in [0, 0.05) is 6.42 Å². The first-order chi connectivity index (χ1) is 17.6. The molecule has 1 atom stereocenters. The zero-order valence-corrected chi connectivity index (χ0v) is 21.8. The fraction of sp³-hybridized carbons (Fsp3) is 0.241. The normalized spacial score (nSPS) is 12.4. The van der Waals surface area contributed by atoms with Crippen molar-refractivity contribution >= 4 is 40.0 Å². The summed E-state index contributed by atoms with van der Waals surface area (Å²) in [4.78, 5) is 26.6. The molecule has 1 amide bonds. The monoisotopic (exact) mass is 522 g/mol. The molecular formula is C29H29F2N2O3P. The summed E-state index contributed by atoms with van der Waals surface area (Å²) in [6, 6.07) is 27.8. The van der Waals surface area contributed by atoms with E-state index in [1.54, 1.807) is 20.8 Å². The van der Waals surface area contributed by atoms with Crippen LogP contribution in [0.15, 0.2) is 91.0 Å². The summed E-state index contributed by atoms with van der Waals surface area (Å²) in [6.45, 7) is 1.74. The number of hydrogen-bond acceptors (Lipinski definition) is 4. The minimum absolute atomic E-state index is 0.183. The predicted molar refractivity (Wildman–Crippen MR) is 145 cm³/mol. The van der Waals surface area contributed by atoms with E-state index in [9.17, 15) is 23.6 Å². The molecule has 3 aromatic carbocycles. The number of hydrogen-bond donors (Lipinski definition) is 1. The summed E-state index contributed by atoms with van der Waals surface area (Å²) < 4.78 is 32.5. The molecule has 192 valence electrons. The lowest BCUT2D eigenvalue weighted by Gasteiger charge is -2.31. The number of ether oxygens (including phenoxy) is 1. The van der Waals surface area contributed by atoms with Gasteiger partial charge in [0.05, 0.1) is 0 Å². The second-order valence-electron chi connectivity index (χ2n) is 9.33. The van der Waals surface area contributed by atoms with E-state index in [0.717, 1.165) is 0 Å². The lowest BCUT2D eigenvalue weighted by atomic mass is 10.1. The summed E-state index contributed by atoms with van der Waals surface area (Å²) in [5, 5.41) is 14.8. The van der Waals surface area contributed by atoms with Gasteiger partial charge in [-0.1, -0.05) is 91.0 Å². The highest BCUT2D eigenvalue weighted by molar-refractivity contribution is 7.97. The smallest absolute Gasteiger partial charge is 0.408 e. The average Bonchev–Trinajstić information content (AvgIpc) is 2.86. The number of nitrogens with one attached hydrogen (secondary N) is 1. The number of alkyl carbamates (subject to hydrolysis) is 1. The van der Waals surface area contributed by atoms with Crippen LogP contribution in [0.5, 0.6) is 0 Å². The van der Waals surface area contributed by atoms with Crippen LogP contribution in [-0.2, 0) is 9.53 Å². The van der Waals surface area contributed by atoms with Gasteiger partial charge in [0.1, 0.15) is 23.0 Å². The Morgan fingerprint density at radius 2 is 1.27 bits per heavy atom. The molecule has 0 radical (unpaired) electrons. The van der Waals surface area contributed by atoms with Crippen LogP contribution >= 0.6 is 6.89 Å². The molecule has 3 aromatic rings. The van der Waals surface area contributed by atoms with Crippen LogP contribution in [0.2, 0.25) is 0 Å². The molecule has 37 heavy (non-hydrogen) atoms. The average molecular weight is 523 g/mol. The number of amides is 1. The minimum Gasteiger partial charge on any atom is -0.444 e. The SMILES string of the molecule is CC(C)(C)OC(=O)NC(CC(F)F)C(=O)C(C#N)=P(c1ccccc1)(c1ccccc1)c1ccccc1. The molecule has 0 fully saturated rings. The van der Waals surface area contributed by atoms with Gasteiger partial charge >= 0.3 is 6.09 Å². The van der Waals surface area contributed by atoms with Gasteiger partial charge in [-0.2, -0.15) is 5.26 Å². The van der Waals surface area contributed by atoms with Crippen LogP contribution in [0.3, 0.4) is 0 Å². The highest BCUT2D eigenvalue weighted by Crippen LogP contribution is 2.46. The lowest BCUT2D eigenvalue weighted by Crippen LogP contribution is -2.48. The molecule has 1 unspecified atom stereocenters. The molecule has 0 bridgehead atoms. The van der Waals surface area contributed by atoms with Gasteiger partial charge in [-0.3, -0.25) is 4.79 Å². The van der Waals surface area contributed by atoms with Crippen molar-refractivity contribution in [1.29, 1.82) is 5.26 Å². The summed E-state index contributed by atoms with van der Waals surface area (Å²) in [6.07, 6.45) is -4.87. The Hall–Kier alpha value is -3.75. The Bertz CT molecular complexity index is 1210.